The predicted octanol–water partition coefficient (Wildman–Crippen LogP) is 3.23. The van der Waals surface area contributed by atoms with Gasteiger partial charge in [0, 0.05) is 5.54 Å². The molecule has 0 aliphatic heterocycles. The summed E-state index contributed by atoms with van der Waals surface area (Å²) in [7, 11) is 0. The molecule has 15 heavy (non-hydrogen) atoms. The Bertz CT molecular complexity index is 321. The Morgan fingerprint density at radius 2 is 1.80 bits per heavy atom. The lowest BCUT2D eigenvalue weighted by Gasteiger charge is -2.20. The Morgan fingerprint density at radius 1 is 1.13 bits per heavy atom. The molecule has 0 fully saturated rings. The number of aryl methyl sites for hydroxylation is 2. The van der Waals surface area contributed by atoms with Gasteiger partial charge in [-0.1, -0.05) is 23.8 Å². The third kappa shape index (κ3) is 4.48. The summed E-state index contributed by atoms with van der Waals surface area (Å²) in [5.41, 5.74) is 4.44. The maximum absolute atomic E-state index is 3.52. The van der Waals surface area contributed by atoms with E-state index in [4.69, 9.17) is 0 Å². The number of hydrogen-bond acceptors (Lipinski definition) is 1. The van der Waals surface area contributed by atoms with Crippen molar-refractivity contribution >= 4 is 0 Å². The van der Waals surface area contributed by atoms with Crippen molar-refractivity contribution in [3.63, 3.8) is 0 Å². The van der Waals surface area contributed by atoms with Gasteiger partial charge in [-0.25, -0.2) is 0 Å². The predicted molar refractivity (Wildman–Crippen MR) is 67.4 cm³/mol. The first-order chi connectivity index (χ1) is 6.88. The quantitative estimate of drug-likeness (QED) is 0.799. The molecule has 1 heteroatoms. The van der Waals surface area contributed by atoms with Crippen molar-refractivity contribution in [3.8, 4) is 0 Å². The molecule has 1 N–H and O–H groups in total. The summed E-state index contributed by atoms with van der Waals surface area (Å²) in [5.74, 6) is 0. The zero-order chi connectivity index (χ0) is 11.5. The van der Waals surface area contributed by atoms with E-state index in [-0.39, 0.29) is 5.54 Å². The third-order valence-electron chi connectivity index (χ3n) is 2.55. The summed E-state index contributed by atoms with van der Waals surface area (Å²) in [6.07, 6.45) is 1.12. The Labute approximate surface area is 93.9 Å². The first-order valence-electron chi connectivity index (χ1n) is 5.70. The number of benzene rings is 1. The van der Waals surface area contributed by atoms with Crippen molar-refractivity contribution in [2.75, 3.05) is 6.54 Å². The van der Waals surface area contributed by atoms with E-state index in [0.717, 1.165) is 13.0 Å². The summed E-state index contributed by atoms with van der Waals surface area (Å²) in [6, 6.07) is 6.68. The van der Waals surface area contributed by atoms with Crippen LogP contribution < -0.4 is 5.32 Å². The van der Waals surface area contributed by atoms with E-state index in [1.54, 1.807) is 0 Å². The first-order valence-corrected chi connectivity index (χ1v) is 5.70. The Kier molecular flexibility index (Phi) is 3.92. The molecule has 0 unspecified atom stereocenters. The molecule has 1 rings (SSSR count). The second kappa shape index (κ2) is 4.80. The van der Waals surface area contributed by atoms with Crippen LogP contribution in [0.25, 0.3) is 0 Å². The maximum Gasteiger partial charge on any atom is 0.00966 e. The van der Waals surface area contributed by atoms with Gasteiger partial charge in [0.15, 0.2) is 0 Å². The molecule has 0 amide bonds. The van der Waals surface area contributed by atoms with Crippen LogP contribution in [-0.4, -0.2) is 12.1 Å². The van der Waals surface area contributed by atoms with Crippen molar-refractivity contribution in [2.45, 2.75) is 46.6 Å². The van der Waals surface area contributed by atoms with E-state index in [1.165, 1.54) is 16.7 Å². The highest BCUT2D eigenvalue weighted by atomic mass is 14.9. The van der Waals surface area contributed by atoms with E-state index >= 15 is 0 Å². The summed E-state index contributed by atoms with van der Waals surface area (Å²) in [4.78, 5) is 0. The van der Waals surface area contributed by atoms with E-state index in [2.05, 4.69) is 58.1 Å². The molecule has 0 aromatic heterocycles. The second-order valence-corrected chi connectivity index (χ2v) is 5.36. The molecule has 84 valence electrons. The summed E-state index contributed by atoms with van der Waals surface area (Å²) in [5, 5.41) is 3.52. The van der Waals surface area contributed by atoms with Gasteiger partial charge in [-0.15, -0.1) is 0 Å². The molecule has 1 aromatic carbocycles. The van der Waals surface area contributed by atoms with Crippen LogP contribution in [0.15, 0.2) is 18.2 Å². The van der Waals surface area contributed by atoms with Gasteiger partial charge < -0.3 is 5.32 Å². The van der Waals surface area contributed by atoms with Gasteiger partial charge in [0.1, 0.15) is 0 Å². The largest absolute Gasteiger partial charge is 0.312 e. The van der Waals surface area contributed by atoms with E-state index < -0.39 is 0 Å². The van der Waals surface area contributed by atoms with E-state index in [1.807, 2.05) is 0 Å². The SMILES string of the molecule is Cc1ccc(C)c(CCNC(C)(C)C)c1. The zero-order valence-electron chi connectivity index (χ0n) is 10.6. The van der Waals surface area contributed by atoms with Gasteiger partial charge in [-0.2, -0.15) is 0 Å². The van der Waals surface area contributed by atoms with E-state index in [0.29, 0.717) is 0 Å². The van der Waals surface area contributed by atoms with Gasteiger partial charge in [-0.3, -0.25) is 0 Å². The van der Waals surface area contributed by atoms with Crippen LogP contribution in [0.2, 0.25) is 0 Å². The molecule has 0 aliphatic carbocycles. The molecule has 0 saturated heterocycles. The number of nitrogens with one attached hydrogen (secondary N) is 1. The standard InChI is InChI=1S/C14H23N/c1-11-6-7-12(2)13(10-11)8-9-15-14(3,4)5/h6-7,10,15H,8-9H2,1-5H3. The third-order valence-corrected chi connectivity index (χ3v) is 2.55. The lowest BCUT2D eigenvalue weighted by Crippen LogP contribution is -2.37. The summed E-state index contributed by atoms with van der Waals surface area (Å²) >= 11 is 0. The molecule has 0 bridgehead atoms. The molecule has 0 saturated carbocycles. The fourth-order valence-electron chi connectivity index (χ4n) is 1.64. The topological polar surface area (TPSA) is 12.0 Å². The molecule has 0 atom stereocenters. The van der Waals surface area contributed by atoms with Crippen molar-refractivity contribution in [2.24, 2.45) is 0 Å². The smallest absolute Gasteiger partial charge is 0.00966 e. The average molecular weight is 205 g/mol. The fraction of sp³-hybridized carbons (Fsp3) is 0.571. The fourth-order valence-corrected chi connectivity index (χ4v) is 1.64. The Balaban J connectivity index is 2.54. The van der Waals surface area contributed by atoms with Gasteiger partial charge in [0.2, 0.25) is 0 Å². The number of hydrogen-bond donors (Lipinski definition) is 1. The van der Waals surface area contributed by atoms with Crippen molar-refractivity contribution < 1.29 is 0 Å². The average Bonchev–Trinajstić information content (AvgIpc) is 2.09. The molecular formula is C14H23N. The minimum Gasteiger partial charge on any atom is -0.312 e. The highest BCUT2D eigenvalue weighted by Crippen LogP contribution is 2.11. The van der Waals surface area contributed by atoms with Gasteiger partial charge in [0.25, 0.3) is 0 Å². The minimum atomic E-state index is 0.220. The molecular weight excluding hydrogens is 182 g/mol. The molecule has 0 radical (unpaired) electrons. The highest BCUT2D eigenvalue weighted by Gasteiger charge is 2.08. The van der Waals surface area contributed by atoms with Crippen LogP contribution in [-0.2, 0) is 6.42 Å². The van der Waals surface area contributed by atoms with E-state index in [9.17, 15) is 0 Å². The molecule has 0 spiro atoms. The molecule has 0 aliphatic rings. The minimum absolute atomic E-state index is 0.220. The molecule has 1 aromatic rings. The first kappa shape index (κ1) is 12.3. The van der Waals surface area contributed by atoms with Gasteiger partial charge in [0.05, 0.1) is 0 Å². The van der Waals surface area contributed by atoms with Crippen LogP contribution in [0.1, 0.15) is 37.5 Å². The Morgan fingerprint density at radius 3 is 2.40 bits per heavy atom. The summed E-state index contributed by atoms with van der Waals surface area (Å²) < 4.78 is 0. The van der Waals surface area contributed by atoms with Crippen LogP contribution in [0.4, 0.5) is 0 Å². The number of rotatable bonds is 3. The lowest BCUT2D eigenvalue weighted by atomic mass is 10.0. The van der Waals surface area contributed by atoms with Crippen LogP contribution in [0.3, 0.4) is 0 Å². The zero-order valence-corrected chi connectivity index (χ0v) is 10.6. The molecule has 1 nitrogen and oxygen atoms in total. The van der Waals surface area contributed by atoms with Crippen molar-refractivity contribution in [1.29, 1.82) is 0 Å². The van der Waals surface area contributed by atoms with Crippen molar-refractivity contribution in [1.82, 2.24) is 5.32 Å². The summed E-state index contributed by atoms with van der Waals surface area (Å²) in [6.45, 7) is 12.0. The van der Waals surface area contributed by atoms with Gasteiger partial charge >= 0.3 is 0 Å². The Hall–Kier alpha value is -0.820. The van der Waals surface area contributed by atoms with Crippen LogP contribution in [0, 0.1) is 13.8 Å². The molecule has 0 heterocycles. The monoisotopic (exact) mass is 205 g/mol. The van der Waals surface area contributed by atoms with Crippen LogP contribution in [0.5, 0.6) is 0 Å². The highest BCUT2D eigenvalue weighted by molar-refractivity contribution is 5.30. The van der Waals surface area contributed by atoms with Gasteiger partial charge in [-0.05, 0) is 58.7 Å². The second-order valence-electron chi connectivity index (χ2n) is 5.36. The van der Waals surface area contributed by atoms with Crippen molar-refractivity contribution in [3.05, 3.63) is 34.9 Å². The maximum atomic E-state index is 3.52. The normalized spacial score (nSPS) is 11.8. The lowest BCUT2D eigenvalue weighted by molar-refractivity contribution is 0.429. The van der Waals surface area contributed by atoms with Crippen LogP contribution >= 0.6 is 0 Å².